The summed E-state index contributed by atoms with van der Waals surface area (Å²) < 4.78 is 6.92. The second kappa shape index (κ2) is 6.46. The van der Waals surface area contributed by atoms with Gasteiger partial charge in [-0.1, -0.05) is 28.1 Å². The van der Waals surface area contributed by atoms with Crippen molar-refractivity contribution in [3.63, 3.8) is 0 Å². The van der Waals surface area contributed by atoms with Crippen LogP contribution in [-0.2, 0) is 9.53 Å². The van der Waals surface area contributed by atoms with E-state index in [0.29, 0.717) is 19.2 Å². The summed E-state index contributed by atoms with van der Waals surface area (Å²) in [6.45, 7) is 2.80. The van der Waals surface area contributed by atoms with Gasteiger partial charge in [0, 0.05) is 30.7 Å². The third kappa shape index (κ3) is 3.84. The molecule has 0 bridgehead atoms. The molecule has 1 atom stereocenters. The molecule has 2 fully saturated rings. The molecule has 1 unspecified atom stereocenters. The molecule has 5 heteroatoms. The number of morpholine rings is 1. The van der Waals surface area contributed by atoms with E-state index in [1.165, 1.54) is 5.56 Å². The van der Waals surface area contributed by atoms with Gasteiger partial charge in [0.2, 0.25) is 5.91 Å². The Hall–Kier alpha value is -0.910. The molecule has 4 nitrogen and oxygen atoms in total. The quantitative estimate of drug-likeness (QED) is 0.834. The Morgan fingerprint density at radius 1 is 1.38 bits per heavy atom. The maximum atomic E-state index is 12.2. The van der Waals surface area contributed by atoms with Crippen LogP contribution in [0.5, 0.6) is 0 Å². The van der Waals surface area contributed by atoms with Gasteiger partial charge < -0.3 is 9.64 Å². The van der Waals surface area contributed by atoms with Crippen molar-refractivity contribution in [3.05, 3.63) is 34.3 Å². The number of likely N-dealkylation sites (N-methyl/N-ethyl adjacent to an activating group) is 1. The maximum Gasteiger partial charge on any atom is 0.236 e. The van der Waals surface area contributed by atoms with E-state index in [1.807, 2.05) is 24.1 Å². The van der Waals surface area contributed by atoms with Gasteiger partial charge >= 0.3 is 0 Å². The largest absolute Gasteiger partial charge is 0.371 e. The summed E-state index contributed by atoms with van der Waals surface area (Å²) in [5.74, 6) is 0.231. The van der Waals surface area contributed by atoms with Crippen LogP contribution < -0.4 is 0 Å². The highest BCUT2D eigenvalue weighted by Crippen LogP contribution is 2.26. The Morgan fingerprint density at radius 3 is 2.76 bits per heavy atom. The van der Waals surface area contributed by atoms with Crippen molar-refractivity contribution in [1.82, 2.24) is 9.80 Å². The minimum absolute atomic E-state index is 0.0610. The van der Waals surface area contributed by atoms with Crippen molar-refractivity contribution in [2.45, 2.75) is 25.0 Å². The Kier molecular flexibility index (Phi) is 4.62. The lowest BCUT2D eigenvalue weighted by Gasteiger charge is -2.33. The number of carbonyl (C=O) groups is 1. The zero-order valence-corrected chi connectivity index (χ0v) is 13.9. The van der Waals surface area contributed by atoms with Crippen LogP contribution in [0.3, 0.4) is 0 Å². The number of benzene rings is 1. The highest BCUT2D eigenvalue weighted by atomic mass is 79.9. The van der Waals surface area contributed by atoms with E-state index in [0.717, 1.165) is 30.4 Å². The number of amides is 1. The molecule has 3 rings (SSSR count). The van der Waals surface area contributed by atoms with Crippen molar-refractivity contribution in [1.29, 1.82) is 0 Å². The maximum absolute atomic E-state index is 12.2. The molecule has 1 aromatic rings. The van der Waals surface area contributed by atoms with Crippen LogP contribution in [0.2, 0.25) is 0 Å². The monoisotopic (exact) mass is 352 g/mol. The summed E-state index contributed by atoms with van der Waals surface area (Å²) in [4.78, 5) is 16.3. The molecule has 1 amide bonds. The smallest absolute Gasteiger partial charge is 0.236 e. The fourth-order valence-corrected chi connectivity index (χ4v) is 2.96. The average Bonchev–Trinajstić information content (AvgIpc) is 3.32. The molecule has 1 saturated heterocycles. The summed E-state index contributed by atoms with van der Waals surface area (Å²) in [6, 6.07) is 8.71. The van der Waals surface area contributed by atoms with Crippen LogP contribution >= 0.6 is 15.9 Å². The molecule has 1 heterocycles. The molecule has 1 aromatic carbocycles. The zero-order valence-electron chi connectivity index (χ0n) is 12.3. The SMILES string of the molecule is CN(C(=O)CN1CCOC(c2ccc(Br)cc2)C1)C1CC1. The van der Waals surface area contributed by atoms with E-state index in [9.17, 15) is 4.79 Å². The zero-order chi connectivity index (χ0) is 14.8. The van der Waals surface area contributed by atoms with Gasteiger partial charge in [0.25, 0.3) is 0 Å². The molecule has 1 saturated carbocycles. The van der Waals surface area contributed by atoms with Gasteiger partial charge in [-0.2, -0.15) is 0 Å². The van der Waals surface area contributed by atoms with Gasteiger partial charge in [0.05, 0.1) is 19.3 Å². The first-order chi connectivity index (χ1) is 10.1. The van der Waals surface area contributed by atoms with Crippen LogP contribution in [0.25, 0.3) is 0 Å². The molecule has 0 spiro atoms. The first-order valence-corrected chi connectivity index (χ1v) is 8.28. The van der Waals surface area contributed by atoms with Crippen molar-refractivity contribution in [2.75, 3.05) is 33.3 Å². The minimum Gasteiger partial charge on any atom is -0.371 e. The topological polar surface area (TPSA) is 32.8 Å². The van der Waals surface area contributed by atoms with Gasteiger partial charge in [-0.3, -0.25) is 9.69 Å². The molecule has 1 aliphatic carbocycles. The fourth-order valence-electron chi connectivity index (χ4n) is 2.69. The van der Waals surface area contributed by atoms with E-state index in [2.05, 4.69) is 33.0 Å². The third-order valence-corrected chi connectivity index (χ3v) is 4.77. The highest BCUT2D eigenvalue weighted by molar-refractivity contribution is 9.10. The van der Waals surface area contributed by atoms with Crippen LogP contribution in [-0.4, -0.2) is 55.0 Å². The first-order valence-electron chi connectivity index (χ1n) is 7.48. The predicted molar refractivity (Wildman–Crippen MR) is 85.1 cm³/mol. The van der Waals surface area contributed by atoms with Crippen molar-refractivity contribution in [2.24, 2.45) is 0 Å². The highest BCUT2D eigenvalue weighted by Gasteiger charge is 2.31. The van der Waals surface area contributed by atoms with E-state index >= 15 is 0 Å². The molecule has 21 heavy (non-hydrogen) atoms. The summed E-state index contributed by atoms with van der Waals surface area (Å²) in [6.07, 6.45) is 2.38. The van der Waals surface area contributed by atoms with Gasteiger partial charge in [0.1, 0.15) is 0 Å². The summed E-state index contributed by atoms with van der Waals surface area (Å²) in [7, 11) is 1.92. The van der Waals surface area contributed by atoms with E-state index in [-0.39, 0.29) is 12.0 Å². The fraction of sp³-hybridized carbons (Fsp3) is 0.562. The second-order valence-corrected chi connectivity index (χ2v) is 6.80. The van der Waals surface area contributed by atoms with E-state index in [4.69, 9.17) is 4.74 Å². The van der Waals surface area contributed by atoms with Gasteiger partial charge in [-0.25, -0.2) is 0 Å². The number of rotatable bonds is 4. The van der Waals surface area contributed by atoms with E-state index in [1.54, 1.807) is 0 Å². The Bertz CT molecular complexity index is 502. The van der Waals surface area contributed by atoms with Gasteiger partial charge in [-0.15, -0.1) is 0 Å². The molecular formula is C16H21BrN2O2. The van der Waals surface area contributed by atoms with Crippen LogP contribution in [0.15, 0.2) is 28.7 Å². The summed E-state index contributed by atoms with van der Waals surface area (Å²) in [5, 5.41) is 0. The number of nitrogens with zero attached hydrogens (tertiary/aromatic N) is 2. The molecule has 0 aromatic heterocycles. The Labute approximate surface area is 134 Å². The summed E-state index contributed by atoms with van der Waals surface area (Å²) >= 11 is 3.45. The number of hydrogen-bond donors (Lipinski definition) is 0. The molecule has 2 aliphatic rings. The summed E-state index contributed by atoms with van der Waals surface area (Å²) in [5.41, 5.74) is 1.17. The first kappa shape index (κ1) is 15.0. The number of ether oxygens (including phenoxy) is 1. The van der Waals surface area contributed by atoms with Crippen molar-refractivity contribution >= 4 is 21.8 Å². The van der Waals surface area contributed by atoms with Crippen LogP contribution in [0, 0.1) is 0 Å². The number of halogens is 1. The van der Waals surface area contributed by atoms with Crippen LogP contribution in [0.1, 0.15) is 24.5 Å². The van der Waals surface area contributed by atoms with Crippen molar-refractivity contribution in [3.8, 4) is 0 Å². The molecule has 0 radical (unpaired) electrons. The Balaban J connectivity index is 1.57. The molecule has 0 N–H and O–H groups in total. The third-order valence-electron chi connectivity index (χ3n) is 4.24. The normalized spacial score (nSPS) is 23.0. The predicted octanol–water partition coefficient (Wildman–Crippen LogP) is 2.44. The molecule has 114 valence electrons. The number of hydrogen-bond acceptors (Lipinski definition) is 3. The number of carbonyl (C=O) groups excluding carboxylic acids is 1. The van der Waals surface area contributed by atoms with Crippen LogP contribution in [0.4, 0.5) is 0 Å². The van der Waals surface area contributed by atoms with Gasteiger partial charge in [0.15, 0.2) is 0 Å². The Morgan fingerprint density at radius 2 is 2.10 bits per heavy atom. The van der Waals surface area contributed by atoms with E-state index < -0.39 is 0 Å². The minimum atomic E-state index is 0.0610. The lowest BCUT2D eigenvalue weighted by Crippen LogP contribution is -2.45. The molecule has 1 aliphatic heterocycles. The lowest BCUT2D eigenvalue weighted by molar-refractivity contribution is -0.133. The van der Waals surface area contributed by atoms with Gasteiger partial charge in [-0.05, 0) is 30.5 Å². The van der Waals surface area contributed by atoms with Crippen molar-refractivity contribution < 1.29 is 9.53 Å². The standard InChI is InChI=1S/C16H21BrN2O2/c1-18(14-6-7-14)16(20)11-19-8-9-21-15(10-19)12-2-4-13(17)5-3-12/h2-5,14-15H,6-11H2,1H3. The lowest BCUT2D eigenvalue weighted by atomic mass is 10.1. The average molecular weight is 353 g/mol. The molecular weight excluding hydrogens is 332 g/mol. The second-order valence-electron chi connectivity index (χ2n) is 5.88.